The van der Waals surface area contributed by atoms with E-state index in [2.05, 4.69) is 20.8 Å². The number of nitrogens with one attached hydrogen (secondary N) is 2. The molecular formula is C18H19N5O2S. The Morgan fingerprint density at radius 2 is 1.81 bits per heavy atom. The first-order chi connectivity index (χ1) is 12.5. The van der Waals surface area contributed by atoms with Crippen LogP contribution in [-0.2, 0) is 4.79 Å². The van der Waals surface area contributed by atoms with Crippen molar-refractivity contribution < 1.29 is 9.53 Å². The lowest BCUT2D eigenvalue weighted by Crippen LogP contribution is -2.36. The van der Waals surface area contributed by atoms with Gasteiger partial charge in [0.1, 0.15) is 16.8 Å². The summed E-state index contributed by atoms with van der Waals surface area (Å²) in [6, 6.07) is 13.0. The van der Waals surface area contributed by atoms with Crippen molar-refractivity contribution in [1.82, 2.24) is 20.3 Å². The van der Waals surface area contributed by atoms with Gasteiger partial charge in [-0.1, -0.05) is 13.8 Å². The van der Waals surface area contributed by atoms with Crippen LogP contribution in [0.1, 0.15) is 13.8 Å². The molecule has 1 amide bonds. The van der Waals surface area contributed by atoms with Crippen LogP contribution < -0.4 is 15.4 Å². The summed E-state index contributed by atoms with van der Waals surface area (Å²) >= 11 is 5.16. The maximum atomic E-state index is 11.7. The second-order valence-corrected chi connectivity index (χ2v) is 6.40. The van der Waals surface area contributed by atoms with Crippen LogP contribution in [0.15, 0.2) is 42.5 Å². The largest absolute Gasteiger partial charge is 0.497 e. The Hall–Kier alpha value is -3.00. The van der Waals surface area contributed by atoms with Crippen molar-refractivity contribution in [3.63, 3.8) is 0 Å². The summed E-state index contributed by atoms with van der Waals surface area (Å²) in [6.07, 6.45) is 0. The standard InChI is InChI=1S/C18H19N5O2S/c1-11(2)17(24)20-18(26)19-12-4-9-15-16(10-12)22-23(21-15)13-5-7-14(25-3)8-6-13/h4-11H,1-3H3,(H2,19,20,24,26). The Bertz CT molecular complexity index is 950. The summed E-state index contributed by atoms with van der Waals surface area (Å²) in [4.78, 5) is 13.3. The molecule has 1 heterocycles. The summed E-state index contributed by atoms with van der Waals surface area (Å²) in [6.45, 7) is 3.61. The number of rotatable bonds is 4. The van der Waals surface area contributed by atoms with Gasteiger partial charge >= 0.3 is 0 Å². The lowest BCUT2D eigenvalue weighted by molar-refractivity contribution is -0.122. The van der Waals surface area contributed by atoms with Gasteiger partial charge in [0, 0.05) is 11.6 Å². The SMILES string of the molecule is COc1ccc(-n2nc3ccc(NC(=S)NC(=O)C(C)C)cc3n2)cc1. The number of anilines is 1. The normalized spacial score (nSPS) is 10.8. The molecule has 0 saturated heterocycles. The second kappa shape index (κ2) is 7.49. The molecular weight excluding hydrogens is 350 g/mol. The van der Waals surface area contributed by atoms with Gasteiger partial charge in [-0.05, 0) is 54.7 Å². The van der Waals surface area contributed by atoms with Crippen molar-refractivity contribution in [1.29, 1.82) is 0 Å². The van der Waals surface area contributed by atoms with E-state index in [1.165, 1.54) is 0 Å². The molecule has 0 atom stereocenters. The number of amides is 1. The van der Waals surface area contributed by atoms with Crippen LogP contribution in [0.4, 0.5) is 5.69 Å². The van der Waals surface area contributed by atoms with Crippen LogP contribution in [0, 0.1) is 5.92 Å². The summed E-state index contributed by atoms with van der Waals surface area (Å²) in [5.41, 5.74) is 3.02. The van der Waals surface area contributed by atoms with E-state index in [0.29, 0.717) is 5.52 Å². The summed E-state index contributed by atoms with van der Waals surface area (Å²) < 4.78 is 5.16. The Morgan fingerprint density at radius 1 is 1.12 bits per heavy atom. The van der Waals surface area contributed by atoms with Gasteiger partial charge in [-0.15, -0.1) is 10.2 Å². The maximum Gasteiger partial charge on any atom is 0.228 e. The minimum atomic E-state index is -0.137. The minimum absolute atomic E-state index is 0.131. The van der Waals surface area contributed by atoms with Crippen LogP contribution in [0.2, 0.25) is 0 Å². The van der Waals surface area contributed by atoms with E-state index < -0.39 is 0 Å². The Labute approximate surface area is 156 Å². The number of thiocarbonyl (C=S) groups is 1. The molecule has 3 rings (SSSR count). The molecule has 134 valence electrons. The fourth-order valence-corrected chi connectivity index (χ4v) is 2.46. The third kappa shape index (κ3) is 3.97. The molecule has 26 heavy (non-hydrogen) atoms. The third-order valence-electron chi connectivity index (χ3n) is 3.70. The van der Waals surface area contributed by atoms with Crippen molar-refractivity contribution in [2.75, 3.05) is 12.4 Å². The van der Waals surface area contributed by atoms with E-state index in [-0.39, 0.29) is 16.9 Å². The van der Waals surface area contributed by atoms with Crippen LogP contribution in [0.3, 0.4) is 0 Å². The molecule has 0 fully saturated rings. The zero-order valence-electron chi connectivity index (χ0n) is 14.7. The van der Waals surface area contributed by atoms with Crippen molar-refractivity contribution in [3.8, 4) is 11.4 Å². The fraction of sp³-hybridized carbons (Fsp3) is 0.222. The Kier molecular flexibility index (Phi) is 5.13. The van der Waals surface area contributed by atoms with Crippen LogP contribution >= 0.6 is 12.2 Å². The number of hydrogen-bond acceptors (Lipinski definition) is 5. The highest BCUT2D eigenvalue weighted by atomic mass is 32.1. The van der Waals surface area contributed by atoms with Crippen molar-refractivity contribution >= 4 is 40.0 Å². The zero-order chi connectivity index (χ0) is 18.7. The molecule has 2 aromatic carbocycles. The van der Waals surface area contributed by atoms with E-state index >= 15 is 0 Å². The van der Waals surface area contributed by atoms with Gasteiger partial charge in [-0.3, -0.25) is 4.79 Å². The monoisotopic (exact) mass is 369 g/mol. The topological polar surface area (TPSA) is 81.1 Å². The number of fused-ring (bicyclic) bond motifs is 1. The van der Waals surface area contributed by atoms with Crippen molar-refractivity contribution in [3.05, 3.63) is 42.5 Å². The molecule has 0 spiro atoms. The number of carbonyl (C=O) groups excluding carboxylic acids is 1. The van der Waals surface area contributed by atoms with E-state index in [0.717, 1.165) is 22.6 Å². The number of ether oxygens (including phenoxy) is 1. The lowest BCUT2D eigenvalue weighted by atomic mass is 10.2. The summed E-state index contributed by atoms with van der Waals surface area (Å²) in [5, 5.41) is 14.8. The van der Waals surface area contributed by atoms with E-state index in [1.807, 2.05) is 56.3 Å². The van der Waals surface area contributed by atoms with Crippen molar-refractivity contribution in [2.45, 2.75) is 13.8 Å². The number of hydrogen-bond donors (Lipinski definition) is 2. The van der Waals surface area contributed by atoms with Crippen LogP contribution in [0.5, 0.6) is 5.75 Å². The second-order valence-electron chi connectivity index (χ2n) is 5.99. The van der Waals surface area contributed by atoms with Gasteiger partial charge in [-0.25, -0.2) is 0 Å². The number of benzene rings is 2. The number of methoxy groups -OCH3 is 1. The lowest BCUT2D eigenvalue weighted by Gasteiger charge is -2.10. The summed E-state index contributed by atoms with van der Waals surface area (Å²) in [7, 11) is 1.62. The van der Waals surface area contributed by atoms with Gasteiger partial charge in [-0.2, -0.15) is 4.80 Å². The zero-order valence-corrected chi connectivity index (χ0v) is 15.5. The van der Waals surface area contributed by atoms with E-state index in [9.17, 15) is 4.79 Å². The molecule has 0 radical (unpaired) electrons. The smallest absolute Gasteiger partial charge is 0.228 e. The Morgan fingerprint density at radius 3 is 2.46 bits per heavy atom. The average molecular weight is 369 g/mol. The van der Waals surface area contributed by atoms with Gasteiger partial charge in [0.25, 0.3) is 0 Å². The number of carbonyl (C=O) groups is 1. The molecule has 1 aromatic heterocycles. The highest BCUT2D eigenvalue weighted by Gasteiger charge is 2.10. The maximum absolute atomic E-state index is 11.7. The van der Waals surface area contributed by atoms with Gasteiger partial charge in [0.2, 0.25) is 5.91 Å². The highest BCUT2D eigenvalue weighted by Crippen LogP contribution is 2.19. The molecule has 8 heteroatoms. The van der Waals surface area contributed by atoms with Gasteiger partial charge < -0.3 is 15.4 Å². The first kappa shape index (κ1) is 17.8. The fourth-order valence-electron chi connectivity index (χ4n) is 2.24. The van der Waals surface area contributed by atoms with Crippen LogP contribution in [-0.4, -0.2) is 33.1 Å². The summed E-state index contributed by atoms with van der Waals surface area (Å²) in [5.74, 6) is 0.504. The van der Waals surface area contributed by atoms with E-state index in [4.69, 9.17) is 17.0 Å². The predicted molar refractivity (Wildman–Crippen MR) is 105 cm³/mol. The average Bonchev–Trinajstić information content (AvgIpc) is 3.04. The molecule has 2 N–H and O–H groups in total. The number of nitrogens with zero attached hydrogens (tertiary/aromatic N) is 3. The third-order valence-corrected chi connectivity index (χ3v) is 3.91. The molecule has 0 bridgehead atoms. The van der Waals surface area contributed by atoms with Gasteiger partial charge in [0.05, 0.1) is 12.8 Å². The minimum Gasteiger partial charge on any atom is -0.497 e. The number of aromatic nitrogens is 3. The molecule has 0 aliphatic rings. The molecule has 0 saturated carbocycles. The molecule has 0 aliphatic heterocycles. The molecule has 0 unspecified atom stereocenters. The van der Waals surface area contributed by atoms with Crippen LogP contribution in [0.25, 0.3) is 16.7 Å². The van der Waals surface area contributed by atoms with Crippen molar-refractivity contribution in [2.24, 2.45) is 5.92 Å². The first-order valence-electron chi connectivity index (χ1n) is 8.09. The predicted octanol–water partition coefficient (Wildman–Crippen LogP) is 2.90. The highest BCUT2D eigenvalue weighted by molar-refractivity contribution is 7.80. The quantitative estimate of drug-likeness (QED) is 0.688. The first-order valence-corrected chi connectivity index (χ1v) is 8.50. The Balaban J connectivity index is 1.78. The molecule has 3 aromatic rings. The van der Waals surface area contributed by atoms with E-state index in [1.54, 1.807) is 11.9 Å². The molecule has 7 nitrogen and oxygen atoms in total. The van der Waals surface area contributed by atoms with Gasteiger partial charge in [0.15, 0.2) is 5.11 Å². The molecule has 0 aliphatic carbocycles.